The molecule has 372 valence electrons. The number of hydrogen-bond donors (Lipinski definition) is 4. The standard InChI is InChI=1S/C52H64F2N10O6/c1-27(2)44(59-51(67)70-6)49(65)62-19-7-9-42(62)47-55-36-15-13-29(21-38(36)57-47)40-17-18-41(64(40)33-23-34(53)46(35(54)24-33)61-25-31-11-12-32(31)26-61)30-14-16-37-39(22-30)58-48(56-37)43-10-8-20-63(43)50(66)45(28(3)4)60(5)52(68)69/h13-16,21-24,27-28,31-32,40-45H,7-12,17-20,25-26H2,1-6H3,(H,55,57)(H,56,58)(H,59,67)(H,68,69)/t31-,32+,40-,41-,42+,43+,44+,45+/m1/s1. The number of benzene rings is 3. The van der Waals surface area contributed by atoms with E-state index in [-0.39, 0.29) is 53.5 Å². The van der Waals surface area contributed by atoms with Crippen LogP contribution < -0.4 is 15.1 Å². The zero-order valence-corrected chi connectivity index (χ0v) is 40.8. The van der Waals surface area contributed by atoms with Crippen molar-refractivity contribution in [3.05, 3.63) is 82.9 Å². The number of aromatic nitrogens is 4. The number of likely N-dealkylation sites (N-methyl/N-ethyl adjacent to an activating group) is 1. The summed E-state index contributed by atoms with van der Waals surface area (Å²) in [7, 11) is 2.71. The summed E-state index contributed by atoms with van der Waals surface area (Å²) < 4.78 is 37.9. The lowest BCUT2D eigenvalue weighted by Crippen LogP contribution is -2.51. The summed E-state index contributed by atoms with van der Waals surface area (Å²) in [6.45, 7) is 9.79. The Hall–Kier alpha value is -6.46. The van der Waals surface area contributed by atoms with Crippen LogP contribution in [0.3, 0.4) is 0 Å². The second-order valence-corrected chi connectivity index (χ2v) is 20.9. The molecular formula is C52H64F2N10O6. The molecule has 5 aliphatic rings. The number of alkyl carbamates (subject to hydrolysis) is 1. The van der Waals surface area contributed by atoms with E-state index in [2.05, 4.69) is 20.2 Å². The quantitative estimate of drug-likeness (QED) is 0.0942. The van der Waals surface area contributed by atoms with Gasteiger partial charge in [0.15, 0.2) is 11.6 Å². The Kier molecular flexibility index (Phi) is 12.6. The summed E-state index contributed by atoms with van der Waals surface area (Å²) >= 11 is 0. The van der Waals surface area contributed by atoms with Crippen molar-refractivity contribution in [2.24, 2.45) is 23.7 Å². The van der Waals surface area contributed by atoms with E-state index in [1.165, 1.54) is 26.3 Å². The van der Waals surface area contributed by atoms with Gasteiger partial charge in [0, 0.05) is 38.9 Å². The lowest BCUT2D eigenvalue weighted by Gasteiger charge is -2.34. The van der Waals surface area contributed by atoms with Gasteiger partial charge in [0.25, 0.3) is 0 Å². The van der Waals surface area contributed by atoms with Crippen molar-refractivity contribution in [3.63, 3.8) is 0 Å². The van der Waals surface area contributed by atoms with Gasteiger partial charge >= 0.3 is 12.2 Å². The van der Waals surface area contributed by atoms with Gasteiger partial charge in [0.2, 0.25) is 11.8 Å². The Morgan fingerprint density at radius 3 is 1.70 bits per heavy atom. The van der Waals surface area contributed by atoms with Gasteiger partial charge in [-0.3, -0.25) is 14.5 Å². The molecule has 18 heteroatoms. The molecule has 16 nitrogen and oxygen atoms in total. The summed E-state index contributed by atoms with van der Waals surface area (Å²) in [6.07, 6.45) is 4.61. The Labute approximate surface area is 406 Å². The minimum absolute atomic E-state index is 0.0374. The topological polar surface area (TPSA) is 183 Å². The van der Waals surface area contributed by atoms with Crippen molar-refractivity contribution in [3.8, 4) is 0 Å². The van der Waals surface area contributed by atoms with Gasteiger partial charge < -0.3 is 44.7 Å². The molecule has 2 aromatic heterocycles. The fraction of sp³-hybridized carbons (Fsp3) is 0.538. The maximum atomic E-state index is 16.5. The first kappa shape index (κ1) is 47.2. The molecule has 6 heterocycles. The van der Waals surface area contributed by atoms with Crippen LogP contribution in [-0.2, 0) is 14.3 Å². The number of amides is 4. The first-order valence-corrected chi connectivity index (χ1v) is 25.0. The van der Waals surface area contributed by atoms with Crippen LogP contribution in [0.1, 0.15) is 126 Å². The van der Waals surface area contributed by atoms with Crippen LogP contribution in [0.2, 0.25) is 0 Å². The van der Waals surface area contributed by atoms with Gasteiger partial charge in [-0.25, -0.2) is 28.3 Å². The molecule has 1 saturated carbocycles. The number of imidazole rings is 2. The van der Waals surface area contributed by atoms with Crippen molar-refractivity contribution in [1.82, 2.24) is 40.0 Å². The smallest absolute Gasteiger partial charge is 0.407 e. The summed E-state index contributed by atoms with van der Waals surface area (Å²) in [4.78, 5) is 77.8. The predicted octanol–water partition coefficient (Wildman–Crippen LogP) is 8.99. The molecule has 8 atom stereocenters. The third-order valence-electron chi connectivity index (χ3n) is 16.0. The maximum Gasteiger partial charge on any atom is 0.407 e. The van der Waals surface area contributed by atoms with E-state index in [4.69, 9.17) is 14.7 Å². The first-order chi connectivity index (χ1) is 33.6. The maximum absolute atomic E-state index is 16.5. The lowest BCUT2D eigenvalue weighted by atomic mass is 9.77. The lowest BCUT2D eigenvalue weighted by molar-refractivity contribution is -0.138. The van der Waals surface area contributed by atoms with E-state index in [1.54, 1.807) is 9.80 Å². The van der Waals surface area contributed by atoms with Gasteiger partial charge in [0.05, 0.1) is 53.3 Å². The summed E-state index contributed by atoms with van der Waals surface area (Å²) in [5, 5.41) is 12.5. The zero-order valence-electron chi connectivity index (χ0n) is 40.8. The van der Waals surface area contributed by atoms with Crippen molar-refractivity contribution in [1.29, 1.82) is 0 Å². The number of methoxy groups -OCH3 is 1. The van der Waals surface area contributed by atoms with Gasteiger partial charge in [0.1, 0.15) is 29.4 Å². The number of rotatable bonds is 12. The van der Waals surface area contributed by atoms with E-state index in [9.17, 15) is 24.3 Å². The van der Waals surface area contributed by atoms with E-state index in [0.29, 0.717) is 92.1 Å². The molecule has 1 aliphatic carbocycles. The van der Waals surface area contributed by atoms with Crippen LogP contribution in [0.25, 0.3) is 22.1 Å². The average Bonchev–Trinajstić information content (AvgIpc) is 4.19. The van der Waals surface area contributed by atoms with E-state index >= 15 is 8.78 Å². The van der Waals surface area contributed by atoms with E-state index in [1.807, 2.05) is 69.0 Å². The normalized spacial score (nSPS) is 24.2. The van der Waals surface area contributed by atoms with Crippen molar-refractivity contribution < 1.29 is 37.8 Å². The number of ether oxygens (including phenoxy) is 1. The number of carboxylic acid groups (broad SMARTS) is 1. The Morgan fingerprint density at radius 1 is 0.729 bits per heavy atom. The molecule has 0 unspecified atom stereocenters. The Bertz CT molecular complexity index is 2800. The molecule has 0 bridgehead atoms. The molecule has 4 amide bonds. The number of halogens is 2. The molecular weight excluding hydrogens is 899 g/mol. The zero-order chi connectivity index (χ0) is 49.3. The van der Waals surface area contributed by atoms with Crippen molar-refractivity contribution in [2.45, 2.75) is 115 Å². The average molecular weight is 963 g/mol. The third-order valence-corrected chi connectivity index (χ3v) is 16.0. The molecule has 0 spiro atoms. The van der Waals surface area contributed by atoms with Crippen molar-refractivity contribution in [2.75, 3.05) is 50.1 Å². The number of nitrogens with one attached hydrogen (secondary N) is 3. The van der Waals surface area contributed by atoms with Crippen LogP contribution >= 0.6 is 0 Å². The Morgan fingerprint density at radius 2 is 1.24 bits per heavy atom. The molecule has 3 aromatic carbocycles. The number of carbonyl (C=O) groups is 4. The largest absolute Gasteiger partial charge is 0.465 e. The predicted molar refractivity (Wildman–Crippen MR) is 260 cm³/mol. The highest BCUT2D eigenvalue weighted by molar-refractivity contribution is 5.87. The van der Waals surface area contributed by atoms with Crippen LogP contribution in [-0.4, -0.2) is 116 Å². The molecule has 5 fully saturated rings. The van der Waals surface area contributed by atoms with E-state index in [0.717, 1.165) is 52.7 Å². The van der Waals surface area contributed by atoms with Crippen LogP contribution in [0.4, 0.5) is 29.7 Å². The molecule has 0 radical (unpaired) electrons. The fourth-order valence-electron chi connectivity index (χ4n) is 12.3. The fourth-order valence-corrected chi connectivity index (χ4v) is 12.3. The second-order valence-electron chi connectivity index (χ2n) is 20.9. The van der Waals surface area contributed by atoms with Crippen molar-refractivity contribution >= 4 is 57.4 Å². The number of fused-ring (bicyclic) bond motifs is 3. The minimum atomic E-state index is -1.16. The highest BCUT2D eigenvalue weighted by Gasteiger charge is 2.44. The highest BCUT2D eigenvalue weighted by atomic mass is 19.1. The Balaban J connectivity index is 0.971. The van der Waals surface area contributed by atoms with Crippen LogP contribution in [0, 0.1) is 35.3 Å². The minimum Gasteiger partial charge on any atom is -0.465 e. The molecule has 4 saturated heterocycles. The van der Waals surface area contributed by atoms with E-state index < -0.39 is 35.9 Å². The summed E-state index contributed by atoms with van der Waals surface area (Å²) in [5.74, 6) is 0.226. The van der Waals surface area contributed by atoms with Gasteiger partial charge in [-0.15, -0.1) is 0 Å². The molecule has 5 aromatic rings. The first-order valence-electron chi connectivity index (χ1n) is 25.0. The van der Waals surface area contributed by atoms with Gasteiger partial charge in [-0.1, -0.05) is 39.8 Å². The van der Waals surface area contributed by atoms with Crippen LogP contribution in [0.15, 0.2) is 48.5 Å². The van der Waals surface area contributed by atoms with Gasteiger partial charge in [-0.05, 0) is 123 Å². The van der Waals surface area contributed by atoms with Crippen LogP contribution in [0.5, 0.6) is 0 Å². The summed E-state index contributed by atoms with van der Waals surface area (Å²) in [5.41, 5.74) is 5.30. The molecule has 4 aliphatic heterocycles. The molecule has 70 heavy (non-hydrogen) atoms. The number of nitrogens with zero attached hydrogens (tertiary/aromatic N) is 7. The number of H-pyrrole nitrogens is 2. The summed E-state index contributed by atoms with van der Waals surface area (Å²) in [6, 6.07) is 12.2. The molecule has 4 N–H and O–H groups in total. The highest BCUT2D eigenvalue weighted by Crippen LogP contribution is 2.50. The third kappa shape index (κ3) is 8.43. The second kappa shape index (κ2) is 18.7. The monoisotopic (exact) mass is 962 g/mol. The SMILES string of the molecule is COC(=O)N[C@H](C(=O)N1CCC[C@H]1c1nc2cc([C@H]3CC[C@H](c4ccc5[nH]c([C@@H]6CCCN6C(=O)[C@H](C(C)C)N(C)C(=O)O)nc5c4)N3c3cc(F)c(N4C[C@H]5CC[C@H]5C4)c(F)c3)ccc2[nH]1)C(C)C. The van der Waals surface area contributed by atoms with Gasteiger partial charge in [-0.2, -0.15) is 0 Å². The number of likely N-dealkylation sites (tertiary alicyclic amines) is 2. The number of anilines is 2. The number of aromatic amines is 2. The number of carbonyl (C=O) groups excluding carboxylic acids is 3. The number of hydrogen-bond acceptors (Lipinski definition) is 9. The molecule has 10 rings (SSSR count).